The molecule has 0 aliphatic carbocycles. The highest BCUT2D eigenvalue weighted by Gasteiger charge is 2.08. The van der Waals surface area contributed by atoms with Crippen molar-refractivity contribution in [1.82, 2.24) is 5.01 Å². The molecule has 1 aromatic carbocycles. The molecule has 1 heterocycles. The van der Waals surface area contributed by atoms with Crippen LogP contribution in [0.4, 0.5) is 5.69 Å². The third-order valence-electron chi connectivity index (χ3n) is 2.66. The number of nitrogens with one attached hydrogen (secondary N) is 1. The second kappa shape index (κ2) is 4.47. The van der Waals surface area contributed by atoms with Crippen LogP contribution >= 0.6 is 0 Å². The van der Waals surface area contributed by atoms with Gasteiger partial charge in [-0.15, -0.1) is 0 Å². The maximum absolute atomic E-state index is 3.46. The van der Waals surface area contributed by atoms with E-state index in [9.17, 15) is 0 Å². The fraction of sp³-hybridized carbons (Fsp3) is 0.500. The van der Waals surface area contributed by atoms with E-state index >= 15 is 0 Å². The molecular weight excluding hydrogens is 172 g/mol. The molecule has 1 aromatic rings. The third-order valence-corrected chi connectivity index (χ3v) is 2.66. The van der Waals surface area contributed by atoms with E-state index in [0.717, 1.165) is 0 Å². The van der Waals surface area contributed by atoms with E-state index in [-0.39, 0.29) is 0 Å². The zero-order valence-electron chi connectivity index (χ0n) is 8.79. The van der Waals surface area contributed by atoms with Gasteiger partial charge in [0.15, 0.2) is 0 Å². The van der Waals surface area contributed by atoms with Crippen LogP contribution in [0.3, 0.4) is 0 Å². The lowest BCUT2D eigenvalue weighted by atomic mass is 10.2. The van der Waals surface area contributed by atoms with E-state index in [0.29, 0.717) is 0 Å². The van der Waals surface area contributed by atoms with Crippen LogP contribution in [0, 0.1) is 6.92 Å². The molecule has 1 fully saturated rings. The molecule has 1 saturated heterocycles. The number of piperidine rings is 1. The largest absolute Gasteiger partial charge is 0.319 e. The summed E-state index contributed by atoms with van der Waals surface area (Å²) >= 11 is 0. The average Bonchev–Trinajstić information content (AvgIpc) is 2.19. The van der Waals surface area contributed by atoms with Gasteiger partial charge in [0.25, 0.3) is 0 Å². The van der Waals surface area contributed by atoms with Crippen molar-refractivity contribution in [2.75, 3.05) is 18.5 Å². The number of hydrogen-bond acceptors (Lipinski definition) is 2. The second-order valence-electron chi connectivity index (χ2n) is 4.03. The number of anilines is 1. The Kier molecular flexibility index (Phi) is 3.04. The predicted octanol–water partition coefficient (Wildman–Crippen LogP) is 2.81. The van der Waals surface area contributed by atoms with Crippen molar-refractivity contribution in [2.24, 2.45) is 0 Å². The number of hydrazine groups is 1. The van der Waals surface area contributed by atoms with Gasteiger partial charge in [0.05, 0.1) is 0 Å². The van der Waals surface area contributed by atoms with E-state index in [2.05, 4.69) is 41.6 Å². The molecule has 0 radical (unpaired) electrons. The zero-order valence-corrected chi connectivity index (χ0v) is 8.79. The second-order valence-corrected chi connectivity index (χ2v) is 4.03. The van der Waals surface area contributed by atoms with Crippen LogP contribution in [0.1, 0.15) is 24.8 Å². The lowest BCUT2D eigenvalue weighted by Crippen LogP contribution is -2.34. The molecule has 0 amide bonds. The van der Waals surface area contributed by atoms with E-state index in [1.165, 1.54) is 43.6 Å². The highest BCUT2D eigenvalue weighted by atomic mass is 15.5. The van der Waals surface area contributed by atoms with E-state index < -0.39 is 0 Å². The zero-order chi connectivity index (χ0) is 9.80. The Morgan fingerprint density at radius 3 is 2.64 bits per heavy atom. The summed E-state index contributed by atoms with van der Waals surface area (Å²) in [7, 11) is 0. The number of hydrogen-bond donors (Lipinski definition) is 1. The summed E-state index contributed by atoms with van der Waals surface area (Å²) in [6, 6.07) is 8.54. The van der Waals surface area contributed by atoms with Gasteiger partial charge in [-0.05, 0) is 37.5 Å². The molecule has 76 valence electrons. The van der Waals surface area contributed by atoms with Gasteiger partial charge >= 0.3 is 0 Å². The lowest BCUT2D eigenvalue weighted by Gasteiger charge is -2.27. The Labute approximate surface area is 85.9 Å². The minimum atomic E-state index is 1.17. The Hall–Kier alpha value is -1.02. The van der Waals surface area contributed by atoms with Crippen molar-refractivity contribution in [3.8, 4) is 0 Å². The lowest BCUT2D eigenvalue weighted by molar-refractivity contribution is 0.273. The van der Waals surface area contributed by atoms with Crippen LogP contribution in [0.2, 0.25) is 0 Å². The number of nitrogens with zero attached hydrogens (tertiary/aromatic N) is 1. The highest BCUT2D eigenvalue weighted by Crippen LogP contribution is 2.14. The van der Waals surface area contributed by atoms with Crippen molar-refractivity contribution < 1.29 is 0 Å². The Balaban J connectivity index is 1.95. The maximum Gasteiger partial charge on any atom is 0.0492 e. The molecule has 1 aliphatic heterocycles. The van der Waals surface area contributed by atoms with Gasteiger partial charge in [-0.25, -0.2) is 5.01 Å². The van der Waals surface area contributed by atoms with Gasteiger partial charge in [0.2, 0.25) is 0 Å². The Morgan fingerprint density at radius 1 is 1.14 bits per heavy atom. The van der Waals surface area contributed by atoms with Crippen molar-refractivity contribution in [3.05, 3.63) is 29.8 Å². The van der Waals surface area contributed by atoms with Crippen LogP contribution in [-0.4, -0.2) is 18.1 Å². The van der Waals surface area contributed by atoms with Crippen LogP contribution in [0.15, 0.2) is 24.3 Å². The van der Waals surface area contributed by atoms with Crippen molar-refractivity contribution in [3.63, 3.8) is 0 Å². The van der Waals surface area contributed by atoms with Crippen LogP contribution < -0.4 is 5.43 Å². The van der Waals surface area contributed by atoms with E-state index in [4.69, 9.17) is 0 Å². The SMILES string of the molecule is Cc1cccc(NN2CCCCC2)c1. The standard InChI is InChI=1S/C12H18N2/c1-11-6-5-7-12(10-11)13-14-8-3-2-4-9-14/h5-7,10,13H,2-4,8-9H2,1H3. The van der Waals surface area contributed by atoms with Gasteiger partial charge < -0.3 is 5.43 Å². The monoisotopic (exact) mass is 190 g/mol. The molecule has 0 bridgehead atoms. The average molecular weight is 190 g/mol. The summed E-state index contributed by atoms with van der Waals surface area (Å²) in [6.45, 7) is 4.48. The molecule has 2 heteroatoms. The van der Waals surface area contributed by atoms with Gasteiger partial charge in [0.1, 0.15) is 0 Å². The molecule has 0 spiro atoms. The summed E-state index contributed by atoms with van der Waals surface area (Å²) < 4.78 is 0. The molecule has 0 saturated carbocycles. The summed E-state index contributed by atoms with van der Waals surface area (Å²) in [5.41, 5.74) is 5.98. The van der Waals surface area contributed by atoms with Gasteiger partial charge in [-0.1, -0.05) is 18.6 Å². The fourth-order valence-electron chi connectivity index (χ4n) is 1.90. The molecule has 2 nitrogen and oxygen atoms in total. The van der Waals surface area contributed by atoms with Crippen molar-refractivity contribution in [1.29, 1.82) is 0 Å². The molecule has 1 aliphatic rings. The first-order valence-corrected chi connectivity index (χ1v) is 5.43. The molecule has 0 atom stereocenters. The molecule has 14 heavy (non-hydrogen) atoms. The predicted molar refractivity (Wildman–Crippen MR) is 60.2 cm³/mol. The quantitative estimate of drug-likeness (QED) is 0.771. The number of benzene rings is 1. The molecule has 0 aromatic heterocycles. The first kappa shape index (κ1) is 9.53. The minimum Gasteiger partial charge on any atom is -0.319 e. The van der Waals surface area contributed by atoms with E-state index in [1.54, 1.807) is 0 Å². The summed E-state index contributed by atoms with van der Waals surface area (Å²) in [5, 5.41) is 2.32. The van der Waals surface area contributed by atoms with Gasteiger partial charge in [-0.2, -0.15) is 0 Å². The minimum absolute atomic E-state index is 1.17. The molecule has 1 N–H and O–H groups in total. The first-order valence-electron chi connectivity index (χ1n) is 5.43. The van der Waals surface area contributed by atoms with E-state index in [1.807, 2.05) is 0 Å². The summed E-state index contributed by atoms with van der Waals surface area (Å²) in [4.78, 5) is 0. The smallest absolute Gasteiger partial charge is 0.0492 e. The van der Waals surface area contributed by atoms with Crippen LogP contribution in [0.5, 0.6) is 0 Å². The topological polar surface area (TPSA) is 15.3 Å². The molecular formula is C12H18N2. The fourth-order valence-corrected chi connectivity index (χ4v) is 1.90. The Bertz CT molecular complexity index is 290. The van der Waals surface area contributed by atoms with Crippen LogP contribution in [0.25, 0.3) is 0 Å². The summed E-state index contributed by atoms with van der Waals surface area (Å²) in [5.74, 6) is 0. The Morgan fingerprint density at radius 2 is 1.93 bits per heavy atom. The summed E-state index contributed by atoms with van der Waals surface area (Å²) in [6.07, 6.45) is 4.02. The van der Waals surface area contributed by atoms with Gasteiger partial charge in [0, 0.05) is 18.8 Å². The number of rotatable bonds is 2. The normalized spacial score (nSPS) is 18.1. The van der Waals surface area contributed by atoms with Crippen molar-refractivity contribution in [2.45, 2.75) is 26.2 Å². The maximum atomic E-state index is 3.46. The third kappa shape index (κ3) is 2.48. The van der Waals surface area contributed by atoms with Crippen molar-refractivity contribution >= 4 is 5.69 Å². The molecule has 2 rings (SSSR count). The molecule has 0 unspecified atom stereocenters. The number of aryl methyl sites for hydroxylation is 1. The first-order chi connectivity index (χ1) is 6.84. The van der Waals surface area contributed by atoms with Gasteiger partial charge in [-0.3, -0.25) is 0 Å². The highest BCUT2D eigenvalue weighted by molar-refractivity contribution is 5.44. The van der Waals surface area contributed by atoms with Crippen LogP contribution in [-0.2, 0) is 0 Å².